The zero-order valence-corrected chi connectivity index (χ0v) is 16.0. The molecule has 0 aliphatic heterocycles. The average molecular weight is 347 g/mol. The number of likely N-dealkylation sites (N-methyl/N-ethyl adjacent to an activating group) is 1. The predicted octanol–water partition coefficient (Wildman–Crippen LogP) is 2.95. The van der Waals surface area contributed by atoms with E-state index in [2.05, 4.69) is 48.3 Å². The first-order valence-corrected chi connectivity index (χ1v) is 9.66. The molecule has 0 aromatic heterocycles. The minimum atomic E-state index is 0.102. The summed E-state index contributed by atoms with van der Waals surface area (Å²) < 4.78 is 0. The Morgan fingerprint density at radius 2 is 1.84 bits per heavy atom. The van der Waals surface area contributed by atoms with Gasteiger partial charge in [0.15, 0.2) is 0 Å². The van der Waals surface area contributed by atoms with E-state index in [4.69, 9.17) is 0 Å². The fourth-order valence-electron chi connectivity index (χ4n) is 3.60. The van der Waals surface area contributed by atoms with E-state index in [-0.39, 0.29) is 5.91 Å². The van der Waals surface area contributed by atoms with Gasteiger partial charge in [0, 0.05) is 19.2 Å². The van der Waals surface area contributed by atoms with Crippen LogP contribution >= 0.6 is 0 Å². The smallest absolute Gasteiger partial charge is 0.234 e. The van der Waals surface area contributed by atoms with Crippen molar-refractivity contribution in [1.29, 1.82) is 0 Å². The Hall–Kier alpha value is -1.39. The highest BCUT2D eigenvalue weighted by atomic mass is 16.3. The molecule has 0 saturated heterocycles. The summed E-state index contributed by atoms with van der Waals surface area (Å²) in [6, 6.07) is 9.15. The lowest BCUT2D eigenvalue weighted by atomic mass is 9.86. The van der Waals surface area contributed by atoms with Crippen LogP contribution in [0.3, 0.4) is 0 Å². The monoisotopic (exact) mass is 346 g/mol. The van der Waals surface area contributed by atoms with Gasteiger partial charge >= 0.3 is 0 Å². The molecule has 1 aliphatic rings. The van der Waals surface area contributed by atoms with Gasteiger partial charge in [-0.05, 0) is 62.1 Å². The summed E-state index contributed by atoms with van der Waals surface area (Å²) in [7, 11) is 2.04. The molecule has 1 aromatic carbocycles. The number of aliphatic hydroxyl groups excluding tert-OH is 1. The van der Waals surface area contributed by atoms with E-state index >= 15 is 0 Å². The molecular formula is C21H34N2O2. The molecule has 0 spiro atoms. The number of amides is 1. The zero-order valence-electron chi connectivity index (χ0n) is 16.0. The fourth-order valence-corrected chi connectivity index (χ4v) is 3.60. The van der Waals surface area contributed by atoms with Crippen LogP contribution in [0.25, 0.3) is 0 Å². The van der Waals surface area contributed by atoms with Gasteiger partial charge in [0.25, 0.3) is 0 Å². The molecule has 4 nitrogen and oxygen atoms in total. The first-order chi connectivity index (χ1) is 12.0. The summed E-state index contributed by atoms with van der Waals surface area (Å²) in [5.74, 6) is 1.11. The Labute approximate surface area is 152 Å². The van der Waals surface area contributed by atoms with Crippen molar-refractivity contribution >= 4 is 5.91 Å². The molecule has 0 bridgehead atoms. The third-order valence-electron chi connectivity index (χ3n) is 5.47. The Morgan fingerprint density at radius 3 is 2.40 bits per heavy atom. The van der Waals surface area contributed by atoms with Crippen LogP contribution in [0.5, 0.6) is 0 Å². The molecule has 0 radical (unpaired) electrons. The summed E-state index contributed by atoms with van der Waals surface area (Å²) >= 11 is 0. The molecule has 1 saturated carbocycles. The van der Waals surface area contributed by atoms with E-state index < -0.39 is 0 Å². The minimum absolute atomic E-state index is 0.102. The lowest BCUT2D eigenvalue weighted by Crippen LogP contribution is -2.42. The van der Waals surface area contributed by atoms with Crippen LogP contribution < -0.4 is 5.32 Å². The molecule has 1 aromatic rings. The summed E-state index contributed by atoms with van der Waals surface area (Å²) in [6.45, 7) is 5.84. The zero-order chi connectivity index (χ0) is 18.2. The largest absolute Gasteiger partial charge is 0.396 e. The molecule has 0 unspecified atom stereocenters. The number of hydrogen-bond acceptors (Lipinski definition) is 3. The Bertz CT molecular complexity index is 519. The lowest BCUT2D eigenvalue weighted by molar-refractivity contribution is -0.122. The van der Waals surface area contributed by atoms with Gasteiger partial charge in [-0.2, -0.15) is 0 Å². The number of nitrogens with one attached hydrogen (secondary N) is 1. The van der Waals surface area contributed by atoms with Crippen LogP contribution in [-0.2, 0) is 11.2 Å². The van der Waals surface area contributed by atoms with Crippen molar-refractivity contribution in [2.45, 2.75) is 57.9 Å². The summed E-state index contributed by atoms with van der Waals surface area (Å²) in [5, 5.41) is 12.3. The fraction of sp³-hybridized carbons (Fsp3) is 0.667. The third-order valence-corrected chi connectivity index (χ3v) is 5.47. The first kappa shape index (κ1) is 19.9. The van der Waals surface area contributed by atoms with Gasteiger partial charge in [0.05, 0.1) is 6.54 Å². The van der Waals surface area contributed by atoms with Gasteiger partial charge in [0.2, 0.25) is 5.91 Å². The molecule has 25 heavy (non-hydrogen) atoms. The number of hydrogen-bond donors (Lipinski definition) is 2. The second kappa shape index (κ2) is 9.93. The van der Waals surface area contributed by atoms with E-state index in [0.29, 0.717) is 37.6 Å². The molecule has 2 N–H and O–H groups in total. The molecule has 1 aliphatic carbocycles. The van der Waals surface area contributed by atoms with Crippen LogP contribution in [0.1, 0.15) is 56.6 Å². The van der Waals surface area contributed by atoms with E-state index in [0.717, 1.165) is 32.1 Å². The second-order valence-electron chi connectivity index (χ2n) is 7.77. The van der Waals surface area contributed by atoms with Gasteiger partial charge in [-0.15, -0.1) is 0 Å². The van der Waals surface area contributed by atoms with Gasteiger partial charge in [0.1, 0.15) is 0 Å². The SMILES string of the molecule is CC(C)c1ccc(CCNC(=O)CN(C)C2CCC(CO)CC2)cc1. The van der Waals surface area contributed by atoms with Gasteiger partial charge in [-0.25, -0.2) is 0 Å². The maximum Gasteiger partial charge on any atom is 0.234 e. The molecule has 0 heterocycles. The molecule has 1 amide bonds. The first-order valence-electron chi connectivity index (χ1n) is 9.66. The highest BCUT2D eigenvalue weighted by Gasteiger charge is 2.24. The molecule has 0 atom stereocenters. The van der Waals surface area contributed by atoms with Crippen molar-refractivity contribution in [1.82, 2.24) is 10.2 Å². The lowest BCUT2D eigenvalue weighted by Gasteiger charge is -2.33. The van der Waals surface area contributed by atoms with Crippen molar-refractivity contribution in [3.8, 4) is 0 Å². The molecule has 1 fully saturated rings. The second-order valence-corrected chi connectivity index (χ2v) is 7.77. The van der Waals surface area contributed by atoms with Gasteiger partial charge in [-0.1, -0.05) is 38.1 Å². The highest BCUT2D eigenvalue weighted by molar-refractivity contribution is 5.78. The van der Waals surface area contributed by atoms with Crippen molar-refractivity contribution in [2.75, 3.05) is 26.7 Å². The third kappa shape index (κ3) is 6.44. The Kier molecular flexibility index (Phi) is 7.91. The van der Waals surface area contributed by atoms with Crippen molar-refractivity contribution < 1.29 is 9.90 Å². The van der Waals surface area contributed by atoms with Gasteiger partial charge < -0.3 is 10.4 Å². The van der Waals surface area contributed by atoms with E-state index in [1.54, 1.807) is 0 Å². The van der Waals surface area contributed by atoms with E-state index in [1.165, 1.54) is 11.1 Å². The van der Waals surface area contributed by atoms with Crippen LogP contribution in [0, 0.1) is 5.92 Å². The van der Waals surface area contributed by atoms with E-state index in [9.17, 15) is 9.90 Å². The van der Waals surface area contributed by atoms with E-state index in [1.807, 2.05) is 7.05 Å². The molecule has 2 rings (SSSR count). The normalized spacial score (nSPS) is 20.9. The highest BCUT2D eigenvalue weighted by Crippen LogP contribution is 2.26. The Morgan fingerprint density at radius 1 is 1.20 bits per heavy atom. The Balaban J connectivity index is 1.66. The quantitative estimate of drug-likeness (QED) is 0.761. The number of carbonyl (C=O) groups excluding carboxylic acids is 1. The van der Waals surface area contributed by atoms with Crippen LogP contribution in [-0.4, -0.2) is 48.7 Å². The van der Waals surface area contributed by atoms with Crippen LogP contribution in [0.15, 0.2) is 24.3 Å². The maximum absolute atomic E-state index is 12.2. The minimum Gasteiger partial charge on any atom is -0.396 e. The number of aliphatic hydroxyl groups is 1. The average Bonchev–Trinajstić information content (AvgIpc) is 2.62. The topological polar surface area (TPSA) is 52.6 Å². The van der Waals surface area contributed by atoms with Crippen LogP contribution in [0.4, 0.5) is 0 Å². The standard InChI is InChI=1S/C21H34N2O2/c1-16(2)19-8-4-17(5-9-19)12-13-22-21(25)14-23(3)20-10-6-18(15-24)7-11-20/h4-5,8-9,16,18,20,24H,6-7,10-15H2,1-3H3,(H,22,25). The van der Waals surface area contributed by atoms with Crippen molar-refractivity contribution in [3.63, 3.8) is 0 Å². The molecular weight excluding hydrogens is 312 g/mol. The van der Waals surface area contributed by atoms with Crippen molar-refractivity contribution in [3.05, 3.63) is 35.4 Å². The summed E-state index contributed by atoms with van der Waals surface area (Å²) in [4.78, 5) is 14.3. The number of benzene rings is 1. The number of carbonyl (C=O) groups is 1. The number of nitrogens with zero attached hydrogens (tertiary/aromatic N) is 1. The van der Waals surface area contributed by atoms with Crippen molar-refractivity contribution in [2.24, 2.45) is 5.92 Å². The summed E-state index contributed by atoms with van der Waals surface area (Å²) in [6.07, 6.45) is 5.17. The predicted molar refractivity (Wildman–Crippen MR) is 103 cm³/mol. The molecule has 4 heteroatoms. The van der Waals surface area contributed by atoms with Crippen LogP contribution in [0.2, 0.25) is 0 Å². The maximum atomic E-state index is 12.2. The molecule has 140 valence electrons. The number of rotatable bonds is 8. The summed E-state index contributed by atoms with van der Waals surface area (Å²) in [5.41, 5.74) is 2.62. The van der Waals surface area contributed by atoms with Gasteiger partial charge in [-0.3, -0.25) is 9.69 Å².